The van der Waals surface area contributed by atoms with Crippen molar-refractivity contribution in [1.29, 1.82) is 0 Å². The average Bonchev–Trinajstić information content (AvgIpc) is 1.82. The van der Waals surface area contributed by atoms with Crippen LogP contribution in [-0.2, 0) is 9.13 Å². The van der Waals surface area contributed by atoms with Crippen LogP contribution in [0.5, 0.6) is 0 Å². The van der Waals surface area contributed by atoms with Crippen LogP contribution in [-0.4, -0.2) is 24.6 Å². The molecule has 0 saturated heterocycles. The molecule has 0 aliphatic rings. The second-order valence-corrected chi connectivity index (χ2v) is 6.84. The fourth-order valence-electron chi connectivity index (χ4n) is 0.829. The van der Waals surface area contributed by atoms with E-state index in [4.69, 9.17) is 25.3 Å². The van der Waals surface area contributed by atoms with Crippen molar-refractivity contribution in [3.63, 3.8) is 0 Å². The molecule has 0 spiro atoms. The van der Waals surface area contributed by atoms with E-state index in [1.807, 2.05) is 0 Å². The molecule has 0 bridgehead atoms. The quantitative estimate of drug-likeness (QED) is 0.421. The maximum atomic E-state index is 10.8. The summed E-state index contributed by atoms with van der Waals surface area (Å²) in [7, 11) is -10.0. The summed E-state index contributed by atoms with van der Waals surface area (Å²) >= 11 is 0. The molecule has 0 aromatic carbocycles. The van der Waals surface area contributed by atoms with Gasteiger partial charge in [-0.3, -0.25) is 9.13 Å². The van der Waals surface area contributed by atoms with Gasteiger partial charge in [-0.1, -0.05) is 13.3 Å². The molecule has 7 nitrogen and oxygen atoms in total. The van der Waals surface area contributed by atoms with Crippen LogP contribution in [0.25, 0.3) is 0 Å². The fourth-order valence-corrected chi connectivity index (χ4v) is 3.22. The van der Waals surface area contributed by atoms with Crippen LogP contribution in [0, 0.1) is 0 Å². The molecule has 6 N–H and O–H groups in total. The summed E-state index contributed by atoms with van der Waals surface area (Å²) in [5.41, 5.74) is 5.04. The van der Waals surface area contributed by atoms with Crippen LogP contribution < -0.4 is 5.73 Å². The average molecular weight is 233 g/mol. The molecule has 0 unspecified atom stereocenters. The van der Waals surface area contributed by atoms with Crippen LogP contribution >= 0.6 is 15.2 Å². The topological polar surface area (TPSA) is 141 Å². The highest BCUT2D eigenvalue weighted by molar-refractivity contribution is 7.72. The Bertz CT molecular complexity index is 244. The molecule has 0 heterocycles. The molecule has 0 aromatic rings. The molecular weight excluding hydrogens is 220 g/mol. The molecule has 0 saturated carbocycles. The van der Waals surface area contributed by atoms with Crippen LogP contribution in [0.1, 0.15) is 19.8 Å². The third-order valence-corrected chi connectivity index (χ3v) is 5.65. The number of hydrogen-bond donors (Lipinski definition) is 5. The Morgan fingerprint density at radius 2 is 1.46 bits per heavy atom. The maximum Gasteiger partial charge on any atom is 0.357 e. The normalized spacial score (nSPS) is 14.6. The highest BCUT2D eigenvalue weighted by atomic mass is 31.2. The first kappa shape index (κ1) is 13.3. The molecule has 80 valence electrons. The highest BCUT2D eigenvalue weighted by Gasteiger charge is 2.56. The second-order valence-electron chi connectivity index (χ2n) is 2.72. The van der Waals surface area contributed by atoms with Crippen molar-refractivity contribution in [3.8, 4) is 0 Å². The zero-order valence-corrected chi connectivity index (χ0v) is 8.78. The lowest BCUT2D eigenvalue weighted by molar-refractivity contribution is 0.302. The summed E-state index contributed by atoms with van der Waals surface area (Å²) < 4.78 is 21.5. The Balaban J connectivity index is 5.22. The third-order valence-electron chi connectivity index (χ3n) is 1.63. The molecule has 9 heteroatoms. The summed E-state index contributed by atoms with van der Waals surface area (Å²) in [6, 6.07) is 0. The molecule has 0 amide bonds. The van der Waals surface area contributed by atoms with Gasteiger partial charge in [0.05, 0.1) is 0 Å². The summed E-state index contributed by atoms with van der Waals surface area (Å²) in [6.45, 7) is 1.52. The Labute approximate surface area is 75.3 Å². The Morgan fingerprint density at radius 3 is 1.54 bits per heavy atom. The Morgan fingerprint density at radius 1 is 1.15 bits per heavy atom. The third kappa shape index (κ3) is 2.60. The largest absolute Gasteiger partial charge is 0.357 e. The number of rotatable bonds is 4. The number of nitrogens with two attached hydrogens (primary N) is 1. The van der Waals surface area contributed by atoms with Gasteiger partial charge in [-0.2, -0.15) is 0 Å². The lowest BCUT2D eigenvalue weighted by atomic mass is 10.3. The van der Waals surface area contributed by atoms with Crippen molar-refractivity contribution in [1.82, 2.24) is 0 Å². The van der Waals surface area contributed by atoms with Crippen molar-refractivity contribution >= 4 is 15.2 Å². The minimum absolute atomic E-state index is 0.173. The van der Waals surface area contributed by atoms with E-state index in [1.54, 1.807) is 0 Å². The van der Waals surface area contributed by atoms with Gasteiger partial charge in [0.1, 0.15) is 0 Å². The SMILES string of the molecule is CCCC(N)(P(=O)(O)O)P(=O)(O)O. The molecular formula is C4H13NO6P2. The van der Waals surface area contributed by atoms with E-state index in [0.717, 1.165) is 0 Å². The van der Waals surface area contributed by atoms with Gasteiger partial charge >= 0.3 is 15.2 Å². The summed E-state index contributed by atoms with van der Waals surface area (Å²) in [5.74, 6) is 0. The van der Waals surface area contributed by atoms with E-state index < -0.39 is 26.6 Å². The van der Waals surface area contributed by atoms with Gasteiger partial charge in [-0.25, -0.2) is 0 Å². The summed E-state index contributed by atoms with van der Waals surface area (Å²) in [4.78, 5) is 34.8. The molecule has 0 aliphatic heterocycles. The first-order chi connectivity index (χ1) is 5.56. The van der Waals surface area contributed by atoms with Crippen LogP contribution in [0.2, 0.25) is 0 Å². The fraction of sp³-hybridized carbons (Fsp3) is 1.00. The van der Waals surface area contributed by atoms with Crippen molar-refractivity contribution in [2.24, 2.45) is 5.73 Å². The first-order valence-electron chi connectivity index (χ1n) is 3.46. The lowest BCUT2D eigenvalue weighted by Gasteiger charge is -2.29. The van der Waals surface area contributed by atoms with Crippen LogP contribution in [0.4, 0.5) is 0 Å². The molecule has 0 fully saturated rings. The predicted octanol–water partition coefficient (Wildman–Crippen LogP) is -0.246. The van der Waals surface area contributed by atoms with Crippen molar-refractivity contribution in [3.05, 3.63) is 0 Å². The van der Waals surface area contributed by atoms with Gasteiger partial charge in [0.15, 0.2) is 0 Å². The second kappa shape index (κ2) is 3.79. The van der Waals surface area contributed by atoms with Gasteiger partial charge in [-0.15, -0.1) is 0 Å². The Kier molecular flexibility index (Phi) is 3.86. The van der Waals surface area contributed by atoms with Gasteiger partial charge in [0.2, 0.25) is 5.02 Å². The van der Waals surface area contributed by atoms with E-state index in [2.05, 4.69) is 0 Å². The summed E-state index contributed by atoms with van der Waals surface area (Å²) in [5, 5.41) is -2.74. The van der Waals surface area contributed by atoms with E-state index in [1.165, 1.54) is 6.92 Å². The van der Waals surface area contributed by atoms with E-state index in [0.29, 0.717) is 0 Å². The minimum Gasteiger partial charge on any atom is -0.323 e. The molecule has 0 aliphatic carbocycles. The molecule has 13 heavy (non-hydrogen) atoms. The van der Waals surface area contributed by atoms with Crippen LogP contribution in [0.3, 0.4) is 0 Å². The smallest absolute Gasteiger partial charge is 0.323 e. The maximum absolute atomic E-state index is 10.8. The van der Waals surface area contributed by atoms with Crippen LogP contribution in [0.15, 0.2) is 0 Å². The highest BCUT2D eigenvalue weighted by Crippen LogP contribution is 2.67. The molecule has 0 atom stereocenters. The van der Waals surface area contributed by atoms with Crippen molar-refractivity contribution in [2.45, 2.75) is 24.8 Å². The summed E-state index contributed by atoms with van der Waals surface area (Å²) in [6.07, 6.45) is -0.256. The predicted molar refractivity (Wildman–Crippen MR) is 45.9 cm³/mol. The monoisotopic (exact) mass is 233 g/mol. The number of hydrogen-bond acceptors (Lipinski definition) is 3. The first-order valence-corrected chi connectivity index (χ1v) is 6.69. The zero-order valence-electron chi connectivity index (χ0n) is 6.99. The molecule has 0 rings (SSSR count). The minimum atomic E-state index is -5.01. The van der Waals surface area contributed by atoms with Gasteiger partial charge in [0.25, 0.3) is 0 Å². The molecule has 0 aromatic heterocycles. The zero-order chi connectivity index (χ0) is 10.9. The molecule has 0 radical (unpaired) electrons. The standard InChI is InChI=1S/C4H13NO6P2/c1-2-3-4(5,12(6,7)8)13(9,10)11/h2-3,5H2,1H3,(H2,6,7,8)(H2,9,10,11). The Hall–Kier alpha value is 0.260. The van der Waals surface area contributed by atoms with Crippen molar-refractivity contribution in [2.75, 3.05) is 0 Å². The van der Waals surface area contributed by atoms with E-state index in [-0.39, 0.29) is 6.42 Å². The van der Waals surface area contributed by atoms with Gasteiger partial charge < -0.3 is 25.3 Å². The lowest BCUT2D eigenvalue weighted by Crippen LogP contribution is -2.38. The van der Waals surface area contributed by atoms with Gasteiger partial charge in [0, 0.05) is 0 Å². The van der Waals surface area contributed by atoms with Crippen molar-refractivity contribution < 1.29 is 28.7 Å². The van der Waals surface area contributed by atoms with E-state index in [9.17, 15) is 9.13 Å². The van der Waals surface area contributed by atoms with E-state index >= 15 is 0 Å². The van der Waals surface area contributed by atoms with Gasteiger partial charge in [-0.05, 0) is 6.42 Å².